The normalized spacial score (nSPS) is 22.4. The van der Waals surface area contributed by atoms with Crippen LogP contribution in [0.1, 0.15) is 33.1 Å². The average molecular weight is 283 g/mol. The van der Waals surface area contributed by atoms with Crippen molar-refractivity contribution in [2.24, 2.45) is 10.6 Å². The Hall–Kier alpha value is -1.27. The molecule has 1 aromatic rings. The second kappa shape index (κ2) is 4.68. The van der Waals surface area contributed by atoms with Crippen LogP contribution in [0.4, 0.5) is 11.4 Å². The summed E-state index contributed by atoms with van der Waals surface area (Å²) in [5.41, 5.74) is 6.86. The molecule has 0 saturated heterocycles. The highest BCUT2D eigenvalue weighted by atomic mass is 32.2. The molecule has 0 spiro atoms. The lowest BCUT2D eigenvalue weighted by Crippen LogP contribution is -2.21. The Balaban J connectivity index is 2.26. The van der Waals surface area contributed by atoms with Crippen molar-refractivity contribution in [1.82, 2.24) is 0 Å². The van der Waals surface area contributed by atoms with Crippen LogP contribution >= 0.6 is 0 Å². The van der Waals surface area contributed by atoms with Crippen molar-refractivity contribution < 1.29 is 8.42 Å². The van der Waals surface area contributed by atoms with Gasteiger partial charge in [-0.25, -0.2) is 13.6 Å². The van der Waals surface area contributed by atoms with E-state index in [1.165, 1.54) is 6.07 Å². The van der Waals surface area contributed by atoms with Gasteiger partial charge in [0.1, 0.15) is 4.90 Å². The molecule has 0 aromatic heterocycles. The quantitative estimate of drug-likeness (QED) is 0.738. The van der Waals surface area contributed by atoms with E-state index in [1.54, 1.807) is 12.1 Å². The summed E-state index contributed by atoms with van der Waals surface area (Å²) >= 11 is 0. The van der Waals surface area contributed by atoms with E-state index in [0.717, 1.165) is 19.3 Å². The number of hydrogen-bond acceptors (Lipinski definition) is 4. The zero-order valence-electron chi connectivity index (χ0n) is 11.3. The molecule has 1 fully saturated rings. The number of nitrogens with two attached hydrogens (primary N) is 2. The fourth-order valence-corrected chi connectivity index (χ4v) is 3.41. The van der Waals surface area contributed by atoms with Crippen LogP contribution in [0.5, 0.6) is 0 Å². The minimum Gasteiger partial charge on any atom is -0.399 e. The van der Waals surface area contributed by atoms with Crippen LogP contribution in [0, 0.1) is 5.41 Å². The summed E-state index contributed by atoms with van der Waals surface area (Å²) in [5.74, 6) is 0. The van der Waals surface area contributed by atoms with Gasteiger partial charge in [0.05, 0.1) is 5.69 Å². The molecule has 5 N–H and O–H groups in total. The number of sulfonamides is 1. The van der Waals surface area contributed by atoms with Crippen LogP contribution in [0.3, 0.4) is 0 Å². The number of nitrogen functional groups attached to an aromatic ring is 1. The fourth-order valence-electron chi connectivity index (χ4n) is 2.67. The molecule has 5 nitrogen and oxygen atoms in total. The van der Waals surface area contributed by atoms with Gasteiger partial charge in [-0.15, -0.1) is 0 Å². The SMILES string of the molecule is CC1(C)CCC(Nc2ccc(N)cc2S(N)(=O)=O)C1. The molecule has 0 amide bonds. The lowest BCUT2D eigenvalue weighted by Gasteiger charge is -2.20. The lowest BCUT2D eigenvalue weighted by atomic mass is 9.92. The zero-order valence-corrected chi connectivity index (χ0v) is 12.1. The Morgan fingerprint density at radius 2 is 2.05 bits per heavy atom. The number of rotatable bonds is 3. The van der Waals surface area contributed by atoms with Gasteiger partial charge >= 0.3 is 0 Å². The van der Waals surface area contributed by atoms with E-state index in [4.69, 9.17) is 10.9 Å². The highest BCUT2D eigenvalue weighted by Crippen LogP contribution is 2.39. The van der Waals surface area contributed by atoms with Gasteiger partial charge in [-0.05, 0) is 42.9 Å². The first kappa shape index (κ1) is 14.1. The molecule has 0 heterocycles. The topological polar surface area (TPSA) is 98.2 Å². The summed E-state index contributed by atoms with van der Waals surface area (Å²) < 4.78 is 23.2. The van der Waals surface area contributed by atoms with Crippen molar-refractivity contribution in [3.63, 3.8) is 0 Å². The molecule has 19 heavy (non-hydrogen) atoms. The van der Waals surface area contributed by atoms with E-state index in [1.807, 2.05) is 0 Å². The van der Waals surface area contributed by atoms with Gasteiger partial charge in [0, 0.05) is 11.7 Å². The van der Waals surface area contributed by atoms with Crippen LogP contribution < -0.4 is 16.2 Å². The summed E-state index contributed by atoms with van der Waals surface area (Å²) in [5, 5.41) is 8.51. The minimum atomic E-state index is -3.77. The molecular weight excluding hydrogens is 262 g/mol. The molecule has 1 saturated carbocycles. The summed E-state index contributed by atoms with van der Waals surface area (Å²) in [4.78, 5) is 0.0669. The van der Waals surface area contributed by atoms with E-state index in [9.17, 15) is 8.42 Å². The molecule has 1 aliphatic carbocycles. The number of nitrogens with one attached hydrogen (secondary N) is 1. The molecule has 0 aliphatic heterocycles. The number of anilines is 2. The Morgan fingerprint density at radius 3 is 2.58 bits per heavy atom. The summed E-state index contributed by atoms with van der Waals surface area (Å²) in [6.07, 6.45) is 3.17. The second-order valence-corrected chi connectivity index (χ2v) is 7.58. The van der Waals surface area contributed by atoms with Crippen molar-refractivity contribution in [2.75, 3.05) is 11.1 Å². The van der Waals surface area contributed by atoms with Crippen molar-refractivity contribution in [3.05, 3.63) is 18.2 Å². The average Bonchev–Trinajstić information content (AvgIpc) is 2.59. The van der Waals surface area contributed by atoms with Crippen molar-refractivity contribution in [3.8, 4) is 0 Å². The van der Waals surface area contributed by atoms with Crippen LogP contribution in [-0.2, 0) is 10.0 Å². The number of primary sulfonamides is 1. The van der Waals surface area contributed by atoms with Gasteiger partial charge in [-0.3, -0.25) is 0 Å². The molecule has 1 aromatic carbocycles. The molecule has 106 valence electrons. The van der Waals surface area contributed by atoms with Crippen LogP contribution in [0.15, 0.2) is 23.1 Å². The summed E-state index contributed by atoms with van der Waals surface area (Å²) in [6, 6.07) is 5.04. The molecule has 0 bridgehead atoms. The predicted molar refractivity (Wildman–Crippen MR) is 77.3 cm³/mol. The second-order valence-electron chi connectivity index (χ2n) is 6.05. The van der Waals surface area contributed by atoms with E-state index in [-0.39, 0.29) is 10.9 Å². The molecule has 0 radical (unpaired) electrons. The first-order valence-electron chi connectivity index (χ1n) is 6.36. The molecular formula is C13H21N3O2S. The van der Waals surface area contributed by atoms with Gasteiger partial charge in [0.2, 0.25) is 10.0 Å². The smallest absolute Gasteiger partial charge is 0.240 e. The maximum atomic E-state index is 11.6. The number of hydrogen-bond donors (Lipinski definition) is 3. The first-order chi connectivity index (χ1) is 8.67. The minimum absolute atomic E-state index is 0.0669. The third-order valence-electron chi connectivity index (χ3n) is 3.64. The first-order valence-corrected chi connectivity index (χ1v) is 7.91. The maximum Gasteiger partial charge on any atom is 0.240 e. The van der Waals surface area contributed by atoms with Crippen molar-refractivity contribution in [1.29, 1.82) is 0 Å². The van der Waals surface area contributed by atoms with Gasteiger partial charge in [-0.1, -0.05) is 13.8 Å². The van der Waals surface area contributed by atoms with Gasteiger partial charge < -0.3 is 11.1 Å². The Morgan fingerprint density at radius 1 is 1.37 bits per heavy atom. The largest absolute Gasteiger partial charge is 0.399 e. The summed E-state index contributed by atoms with van der Waals surface area (Å²) in [6.45, 7) is 4.44. The predicted octanol–water partition coefficient (Wildman–Crippen LogP) is 1.91. The van der Waals surface area contributed by atoms with Crippen LogP contribution in [0.2, 0.25) is 0 Å². The standard InChI is InChI=1S/C13H21N3O2S/c1-13(2)6-5-10(8-13)16-11-4-3-9(14)7-12(11)19(15,17)18/h3-4,7,10,16H,5-6,8,14H2,1-2H3,(H2,15,17,18). The Kier molecular flexibility index (Phi) is 3.49. The lowest BCUT2D eigenvalue weighted by molar-refractivity contribution is 0.378. The molecule has 2 rings (SSSR count). The van der Waals surface area contributed by atoms with E-state index < -0.39 is 10.0 Å². The van der Waals surface area contributed by atoms with Gasteiger partial charge in [0.15, 0.2) is 0 Å². The van der Waals surface area contributed by atoms with Gasteiger partial charge in [0.25, 0.3) is 0 Å². The molecule has 6 heteroatoms. The van der Waals surface area contributed by atoms with Crippen molar-refractivity contribution >= 4 is 21.4 Å². The summed E-state index contributed by atoms with van der Waals surface area (Å²) in [7, 11) is -3.77. The Bertz CT molecular complexity index is 582. The molecule has 1 aliphatic rings. The molecule has 1 unspecified atom stereocenters. The van der Waals surface area contributed by atoms with Gasteiger partial charge in [-0.2, -0.15) is 0 Å². The monoisotopic (exact) mass is 283 g/mol. The van der Waals surface area contributed by atoms with E-state index in [2.05, 4.69) is 19.2 Å². The maximum absolute atomic E-state index is 11.6. The fraction of sp³-hybridized carbons (Fsp3) is 0.538. The zero-order chi connectivity index (χ0) is 14.3. The number of benzene rings is 1. The van der Waals surface area contributed by atoms with E-state index >= 15 is 0 Å². The third kappa shape index (κ3) is 3.39. The van der Waals surface area contributed by atoms with Crippen LogP contribution in [-0.4, -0.2) is 14.5 Å². The van der Waals surface area contributed by atoms with Crippen molar-refractivity contribution in [2.45, 2.75) is 44.0 Å². The van der Waals surface area contributed by atoms with E-state index in [0.29, 0.717) is 16.8 Å². The highest BCUT2D eigenvalue weighted by Gasteiger charge is 2.31. The van der Waals surface area contributed by atoms with Crippen LogP contribution in [0.25, 0.3) is 0 Å². The molecule has 1 atom stereocenters. The third-order valence-corrected chi connectivity index (χ3v) is 4.59. The Labute approximate surface area is 114 Å². The highest BCUT2D eigenvalue weighted by molar-refractivity contribution is 7.89.